The zero-order valence-electron chi connectivity index (χ0n) is 16.2. The van der Waals surface area contributed by atoms with E-state index in [0.717, 1.165) is 27.1 Å². The molecule has 0 atom stereocenters. The van der Waals surface area contributed by atoms with Gasteiger partial charge in [0, 0.05) is 16.2 Å². The van der Waals surface area contributed by atoms with Gasteiger partial charge in [0.05, 0.1) is 17.3 Å². The fourth-order valence-corrected chi connectivity index (χ4v) is 4.01. The fraction of sp³-hybridized carbons (Fsp3) is 0.130. The van der Waals surface area contributed by atoms with E-state index >= 15 is 0 Å². The lowest BCUT2D eigenvalue weighted by Crippen LogP contribution is -2.19. The lowest BCUT2D eigenvalue weighted by atomic mass is 10.1. The van der Waals surface area contributed by atoms with E-state index in [9.17, 15) is 4.79 Å². The molecule has 0 saturated heterocycles. The summed E-state index contributed by atoms with van der Waals surface area (Å²) >= 11 is 5.23. The fourth-order valence-electron chi connectivity index (χ4n) is 2.59. The number of amides is 1. The van der Waals surface area contributed by atoms with Crippen molar-refractivity contribution < 1.29 is 9.53 Å². The number of thioether (sulfide) groups is 1. The Kier molecular flexibility index (Phi) is 7.49. The molecule has 3 aromatic rings. The SMILES string of the molecule is COc1ccc(/C(C)=N\NC(=O)c2ccc(CSc3ccccc3)cc2)cc1Br. The molecule has 3 rings (SSSR count). The summed E-state index contributed by atoms with van der Waals surface area (Å²) in [5, 5.41) is 4.22. The number of hydrogen-bond donors (Lipinski definition) is 1. The van der Waals surface area contributed by atoms with Crippen molar-refractivity contribution >= 4 is 39.3 Å². The lowest BCUT2D eigenvalue weighted by molar-refractivity contribution is 0.0955. The van der Waals surface area contributed by atoms with Crippen LogP contribution in [0, 0.1) is 0 Å². The molecular formula is C23H21BrN2O2S. The van der Waals surface area contributed by atoms with Crippen molar-refractivity contribution in [2.45, 2.75) is 17.6 Å². The Bertz CT molecular complexity index is 1010. The third-order valence-electron chi connectivity index (χ3n) is 4.26. The minimum Gasteiger partial charge on any atom is -0.496 e. The van der Waals surface area contributed by atoms with E-state index in [0.29, 0.717) is 11.3 Å². The van der Waals surface area contributed by atoms with Crippen LogP contribution in [-0.4, -0.2) is 18.7 Å². The van der Waals surface area contributed by atoms with Crippen LogP contribution in [-0.2, 0) is 5.75 Å². The molecule has 29 heavy (non-hydrogen) atoms. The number of rotatable bonds is 7. The number of hydrazone groups is 1. The molecule has 0 aliphatic rings. The molecule has 1 N–H and O–H groups in total. The summed E-state index contributed by atoms with van der Waals surface area (Å²) in [5.41, 5.74) is 5.96. The summed E-state index contributed by atoms with van der Waals surface area (Å²) in [4.78, 5) is 13.6. The van der Waals surface area contributed by atoms with E-state index in [1.165, 1.54) is 4.90 Å². The maximum Gasteiger partial charge on any atom is 0.271 e. The second-order valence-electron chi connectivity index (χ2n) is 6.29. The van der Waals surface area contributed by atoms with Crippen LogP contribution >= 0.6 is 27.7 Å². The van der Waals surface area contributed by atoms with E-state index < -0.39 is 0 Å². The highest BCUT2D eigenvalue weighted by atomic mass is 79.9. The van der Waals surface area contributed by atoms with Gasteiger partial charge in [-0.3, -0.25) is 4.79 Å². The third-order valence-corrected chi connectivity index (χ3v) is 5.96. The van der Waals surface area contributed by atoms with E-state index in [4.69, 9.17) is 4.74 Å². The van der Waals surface area contributed by atoms with E-state index in [1.54, 1.807) is 18.9 Å². The van der Waals surface area contributed by atoms with Gasteiger partial charge in [0.25, 0.3) is 5.91 Å². The largest absolute Gasteiger partial charge is 0.496 e. The number of nitrogens with one attached hydrogen (secondary N) is 1. The quantitative estimate of drug-likeness (QED) is 0.266. The lowest BCUT2D eigenvalue weighted by Gasteiger charge is -2.07. The van der Waals surface area contributed by atoms with Crippen LogP contribution in [0.25, 0.3) is 0 Å². The molecule has 0 radical (unpaired) electrons. The Hall–Kier alpha value is -2.57. The van der Waals surface area contributed by atoms with Gasteiger partial charge in [0.15, 0.2) is 0 Å². The van der Waals surface area contributed by atoms with E-state index in [1.807, 2.05) is 67.6 Å². The second kappa shape index (κ2) is 10.3. The highest BCUT2D eigenvalue weighted by Gasteiger charge is 2.07. The van der Waals surface area contributed by atoms with Gasteiger partial charge in [-0.2, -0.15) is 5.10 Å². The van der Waals surface area contributed by atoms with Gasteiger partial charge in [-0.25, -0.2) is 5.43 Å². The maximum atomic E-state index is 12.4. The molecule has 148 valence electrons. The summed E-state index contributed by atoms with van der Waals surface area (Å²) < 4.78 is 6.07. The van der Waals surface area contributed by atoms with Crippen molar-refractivity contribution in [2.75, 3.05) is 7.11 Å². The van der Waals surface area contributed by atoms with Gasteiger partial charge in [-0.15, -0.1) is 11.8 Å². The first-order valence-electron chi connectivity index (χ1n) is 9.02. The predicted octanol–water partition coefficient (Wildman–Crippen LogP) is 5.90. The Morgan fingerprint density at radius 3 is 2.38 bits per heavy atom. The zero-order chi connectivity index (χ0) is 20.6. The van der Waals surface area contributed by atoms with Crippen LogP contribution in [0.2, 0.25) is 0 Å². The Morgan fingerprint density at radius 1 is 1.03 bits per heavy atom. The summed E-state index contributed by atoms with van der Waals surface area (Å²) in [7, 11) is 1.62. The number of methoxy groups -OCH3 is 1. The molecule has 0 saturated carbocycles. The zero-order valence-corrected chi connectivity index (χ0v) is 18.6. The van der Waals surface area contributed by atoms with Crippen molar-refractivity contribution in [1.82, 2.24) is 5.43 Å². The number of benzene rings is 3. The molecule has 6 heteroatoms. The minimum atomic E-state index is -0.237. The Balaban J connectivity index is 1.58. The molecule has 0 aliphatic heterocycles. The molecule has 0 bridgehead atoms. The molecule has 4 nitrogen and oxygen atoms in total. The van der Waals surface area contributed by atoms with E-state index in [-0.39, 0.29) is 5.91 Å². The molecule has 0 aliphatic carbocycles. The smallest absolute Gasteiger partial charge is 0.271 e. The Labute approximate surface area is 183 Å². The van der Waals surface area contributed by atoms with Gasteiger partial charge in [-0.1, -0.05) is 30.3 Å². The highest BCUT2D eigenvalue weighted by molar-refractivity contribution is 9.10. The third kappa shape index (κ3) is 5.95. The van der Waals surface area contributed by atoms with Crippen molar-refractivity contribution in [3.63, 3.8) is 0 Å². The van der Waals surface area contributed by atoms with Crippen molar-refractivity contribution in [2.24, 2.45) is 5.10 Å². The highest BCUT2D eigenvalue weighted by Crippen LogP contribution is 2.26. The first kappa shape index (κ1) is 21.1. The summed E-state index contributed by atoms with van der Waals surface area (Å²) in [6.07, 6.45) is 0. The average Bonchev–Trinajstić information content (AvgIpc) is 2.76. The van der Waals surface area contributed by atoms with Gasteiger partial charge >= 0.3 is 0 Å². The first-order valence-corrected chi connectivity index (χ1v) is 10.8. The molecule has 0 unspecified atom stereocenters. The number of nitrogens with zero attached hydrogens (tertiary/aromatic N) is 1. The number of hydrogen-bond acceptors (Lipinski definition) is 4. The molecule has 3 aromatic carbocycles. The molecule has 0 aromatic heterocycles. The molecular weight excluding hydrogens is 448 g/mol. The van der Waals surface area contributed by atoms with Gasteiger partial charge in [-0.05, 0) is 76.4 Å². The van der Waals surface area contributed by atoms with Crippen LogP contribution in [0.1, 0.15) is 28.4 Å². The van der Waals surface area contributed by atoms with Gasteiger partial charge in [0.1, 0.15) is 5.75 Å². The van der Waals surface area contributed by atoms with Crippen LogP contribution in [0.3, 0.4) is 0 Å². The summed E-state index contributed by atoms with van der Waals surface area (Å²) in [6, 6.07) is 23.5. The van der Waals surface area contributed by atoms with Crippen molar-refractivity contribution in [1.29, 1.82) is 0 Å². The molecule has 0 fully saturated rings. The van der Waals surface area contributed by atoms with Crippen LogP contribution in [0.5, 0.6) is 5.75 Å². The molecule has 1 amide bonds. The van der Waals surface area contributed by atoms with Crippen LogP contribution < -0.4 is 10.2 Å². The first-order chi connectivity index (χ1) is 14.1. The van der Waals surface area contributed by atoms with Gasteiger partial charge in [0.2, 0.25) is 0 Å². The van der Waals surface area contributed by atoms with Crippen molar-refractivity contribution in [3.05, 3.63) is 94.0 Å². The summed E-state index contributed by atoms with van der Waals surface area (Å²) in [6.45, 7) is 1.85. The normalized spacial score (nSPS) is 11.2. The van der Waals surface area contributed by atoms with Crippen LogP contribution in [0.15, 0.2) is 87.3 Å². The number of halogens is 1. The van der Waals surface area contributed by atoms with Crippen molar-refractivity contribution in [3.8, 4) is 5.75 Å². The number of carbonyl (C=O) groups is 1. The summed E-state index contributed by atoms with van der Waals surface area (Å²) in [5.74, 6) is 1.37. The standard InChI is InChI=1S/C23H21BrN2O2S/c1-16(19-12-13-22(28-2)21(24)14-19)25-26-23(27)18-10-8-17(9-11-18)15-29-20-6-4-3-5-7-20/h3-14H,15H2,1-2H3,(H,26,27)/b25-16-. The number of carbonyl (C=O) groups excluding carboxylic acids is 1. The van der Waals surface area contributed by atoms with E-state index in [2.05, 4.69) is 38.6 Å². The second-order valence-corrected chi connectivity index (χ2v) is 8.19. The Morgan fingerprint density at radius 2 is 1.72 bits per heavy atom. The molecule has 0 spiro atoms. The average molecular weight is 469 g/mol. The monoisotopic (exact) mass is 468 g/mol. The number of ether oxygens (including phenoxy) is 1. The predicted molar refractivity (Wildman–Crippen MR) is 123 cm³/mol. The molecule has 0 heterocycles. The van der Waals surface area contributed by atoms with Gasteiger partial charge < -0.3 is 4.74 Å². The van der Waals surface area contributed by atoms with Crippen LogP contribution in [0.4, 0.5) is 0 Å². The minimum absolute atomic E-state index is 0.237. The maximum absolute atomic E-state index is 12.4. The topological polar surface area (TPSA) is 50.7 Å².